The average molecular weight is 248 g/mol. The van der Waals surface area contributed by atoms with E-state index in [0.29, 0.717) is 16.7 Å². The van der Waals surface area contributed by atoms with E-state index in [9.17, 15) is 4.39 Å². The summed E-state index contributed by atoms with van der Waals surface area (Å²) in [6, 6.07) is 16.8. The number of allylic oxidation sites excluding steroid dienone is 1. The lowest BCUT2D eigenvalue weighted by Crippen LogP contribution is -1.84. The van der Waals surface area contributed by atoms with Crippen molar-refractivity contribution in [2.24, 2.45) is 0 Å². The van der Waals surface area contributed by atoms with Crippen LogP contribution in [0.3, 0.4) is 0 Å². The van der Waals surface area contributed by atoms with E-state index in [1.54, 1.807) is 42.5 Å². The molecule has 0 saturated heterocycles. The molecule has 3 heteroatoms. The molecule has 0 radical (unpaired) electrons. The fourth-order valence-corrected chi connectivity index (χ4v) is 1.66. The highest BCUT2D eigenvalue weighted by molar-refractivity contribution is 5.89. The molecule has 0 bridgehead atoms. The summed E-state index contributed by atoms with van der Waals surface area (Å²) < 4.78 is 13.1. The van der Waals surface area contributed by atoms with E-state index in [0.717, 1.165) is 5.56 Å². The Morgan fingerprint density at radius 1 is 1.05 bits per heavy atom. The Morgan fingerprint density at radius 2 is 1.79 bits per heavy atom. The molecule has 0 atom stereocenters. The van der Waals surface area contributed by atoms with Gasteiger partial charge in [0.1, 0.15) is 5.82 Å². The predicted molar refractivity (Wildman–Crippen MR) is 71.0 cm³/mol. The quantitative estimate of drug-likeness (QED) is 0.600. The lowest BCUT2D eigenvalue weighted by molar-refractivity contribution is 0.627. The van der Waals surface area contributed by atoms with Crippen LogP contribution in [0, 0.1) is 28.5 Å². The molecule has 0 amide bonds. The maximum Gasteiger partial charge on any atom is 0.123 e. The number of halogens is 1. The van der Waals surface area contributed by atoms with Crippen molar-refractivity contribution in [2.75, 3.05) is 0 Å². The van der Waals surface area contributed by atoms with Crippen LogP contribution in [0.1, 0.15) is 16.7 Å². The van der Waals surface area contributed by atoms with Gasteiger partial charge in [0, 0.05) is 0 Å². The van der Waals surface area contributed by atoms with Crippen LogP contribution in [-0.4, -0.2) is 0 Å². The second-order valence-corrected chi connectivity index (χ2v) is 3.91. The van der Waals surface area contributed by atoms with Gasteiger partial charge in [0.25, 0.3) is 0 Å². The fourth-order valence-electron chi connectivity index (χ4n) is 1.66. The molecule has 90 valence electrons. The standard InChI is InChI=1S/C16H9FN2/c17-16-3-1-2-14(9-16)15(11-19)8-12-4-6-13(10-18)7-5-12/h1-9H/b15-8+. The van der Waals surface area contributed by atoms with Crippen LogP contribution >= 0.6 is 0 Å². The monoisotopic (exact) mass is 248 g/mol. The van der Waals surface area contributed by atoms with Gasteiger partial charge in [0.05, 0.1) is 23.3 Å². The minimum Gasteiger partial charge on any atom is -0.207 e. The summed E-state index contributed by atoms with van der Waals surface area (Å²) in [7, 11) is 0. The second kappa shape index (κ2) is 5.62. The summed E-state index contributed by atoms with van der Waals surface area (Å²) in [5, 5.41) is 17.8. The van der Waals surface area contributed by atoms with Crippen LogP contribution in [0.2, 0.25) is 0 Å². The number of benzene rings is 2. The number of hydrogen-bond acceptors (Lipinski definition) is 2. The summed E-state index contributed by atoms with van der Waals surface area (Å²) in [5.74, 6) is -0.376. The minimum absolute atomic E-state index is 0.376. The Hall–Kier alpha value is -2.91. The second-order valence-electron chi connectivity index (χ2n) is 3.91. The molecule has 2 rings (SSSR count). The average Bonchev–Trinajstić information content (AvgIpc) is 2.45. The van der Waals surface area contributed by atoms with E-state index in [1.165, 1.54) is 12.1 Å². The first kappa shape index (κ1) is 12.5. The van der Waals surface area contributed by atoms with Crippen LogP contribution in [0.15, 0.2) is 48.5 Å². The molecule has 2 aromatic rings. The van der Waals surface area contributed by atoms with Gasteiger partial charge in [-0.05, 0) is 41.5 Å². The van der Waals surface area contributed by atoms with E-state index in [1.807, 2.05) is 6.07 Å². The van der Waals surface area contributed by atoms with Gasteiger partial charge >= 0.3 is 0 Å². The third-order valence-corrected chi connectivity index (χ3v) is 2.61. The van der Waals surface area contributed by atoms with E-state index >= 15 is 0 Å². The van der Waals surface area contributed by atoms with Crippen molar-refractivity contribution in [1.29, 1.82) is 10.5 Å². The largest absolute Gasteiger partial charge is 0.207 e. The summed E-state index contributed by atoms with van der Waals surface area (Å²) in [6.07, 6.45) is 1.66. The lowest BCUT2D eigenvalue weighted by Gasteiger charge is -2.00. The highest BCUT2D eigenvalue weighted by Gasteiger charge is 2.02. The Labute approximate surface area is 110 Å². The minimum atomic E-state index is -0.376. The Kier molecular flexibility index (Phi) is 3.71. The molecule has 19 heavy (non-hydrogen) atoms. The van der Waals surface area contributed by atoms with Gasteiger partial charge in [-0.15, -0.1) is 0 Å². The van der Waals surface area contributed by atoms with Crippen LogP contribution in [-0.2, 0) is 0 Å². The van der Waals surface area contributed by atoms with Crippen LogP contribution in [0.4, 0.5) is 4.39 Å². The smallest absolute Gasteiger partial charge is 0.123 e. The Bertz CT molecular complexity index is 701. The van der Waals surface area contributed by atoms with Gasteiger partial charge < -0.3 is 0 Å². The van der Waals surface area contributed by atoms with E-state index in [-0.39, 0.29) is 5.82 Å². The number of rotatable bonds is 2. The molecular formula is C16H9FN2. The van der Waals surface area contributed by atoms with E-state index in [2.05, 4.69) is 6.07 Å². The van der Waals surface area contributed by atoms with Gasteiger partial charge in [-0.3, -0.25) is 0 Å². The predicted octanol–water partition coefficient (Wildman–Crippen LogP) is 3.76. The third kappa shape index (κ3) is 3.06. The molecule has 0 aliphatic rings. The lowest BCUT2D eigenvalue weighted by atomic mass is 10.0. The summed E-state index contributed by atoms with van der Waals surface area (Å²) in [5.41, 5.74) is 2.26. The molecular weight excluding hydrogens is 239 g/mol. The van der Waals surface area contributed by atoms with Crippen molar-refractivity contribution in [3.05, 3.63) is 71.0 Å². The molecule has 0 unspecified atom stereocenters. The molecule has 2 nitrogen and oxygen atoms in total. The van der Waals surface area contributed by atoms with Crippen molar-refractivity contribution in [3.63, 3.8) is 0 Å². The van der Waals surface area contributed by atoms with Crippen molar-refractivity contribution < 1.29 is 4.39 Å². The van der Waals surface area contributed by atoms with Gasteiger partial charge in [-0.1, -0.05) is 24.3 Å². The van der Waals surface area contributed by atoms with Gasteiger partial charge in [-0.25, -0.2) is 4.39 Å². The first-order valence-electron chi connectivity index (χ1n) is 5.61. The van der Waals surface area contributed by atoms with Crippen LogP contribution in [0.25, 0.3) is 11.6 Å². The van der Waals surface area contributed by atoms with Gasteiger partial charge in [-0.2, -0.15) is 10.5 Å². The normalized spacial score (nSPS) is 10.6. The topological polar surface area (TPSA) is 47.6 Å². The van der Waals surface area contributed by atoms with Crippen molar-refractivity contribution in [3.8, 4) is 12.1 Å². The number of nitrogens with zero attached hydrogens (tertiary/aromatic N) is 2. The fraction of sp³-hybridized carbons (Fsp3) is 0. The van der Waals surface area contributed by atoms with Crippen molar-refractivity contribution >= 4 is 11.6 Å². The maximum atomic E-state index is 13.1. The zero-order chi connectivity index (χ0) is 13.7. The molecule has 0 aliphatic heterocycles. The Morgan fingerprint density at radius 3 is 2.37 bits per heavy atom. The molecule has 0 N–H and O–H groups in total. The zero-order valence-corrected chi connectivity index (χ0v) is 9.97. The number of nitriles is 2. The molecule has 0 aromatic heterocycles. The molecule has 0 aliphatic carbocycles. The molecule has 2 aromatic carbocycles. The molecule has 0 heterocycles. The maximum absolute atomic E-state index is 13.1. The summed E-state index contributed by atoms with van der Waals surface area (Å²) in [4.78, 5) is 0. The highest BCUT2D eigenvalue weighted by Crippen LogP contribution is 2.18. The van der Waals surface area contributed by atoms with Crippen LogP contribution in [0.5, 0.6) is 0 Å². The number of hydrogen-bond donors (Lipinski definition) is 0. The molecule has 0 spiro atoms. The van der Waals surface area contributed by atoms with Crippen LogP contribution < -0.4 is 0 Å². The van der Waals surface area contributed by atoms with Gasteiger partial charge in [0.15, 0.2) is 0 Å². The summed E-state index contributed by atoms with van der Waals surface area (Å²) >= 11 is 0. The van der Waals surface area contributed by atoms with Crippen molar-refractivity contribution in [2.45, 2.75) is 0 Å². The van der Waals surface area contributed by atoms with E-state index < -0.39 is 0 Å². The summed E-state index contributed by atoms with van der Waals surface area (Å²) in [6.45, 7) is 0. The van der Waals surface area contributed by atoms with Gasteiger partial charge in [0.2, 0.25) is 0 Å². The highest BCUT2D eigenvalue weighted by atomic mass is 19.1. The first-order valence-corrected chi connectivity index (χ1v) is 5.61. The molecule has 0 saturated carbocycles. The third-order valence-electron chi connectivity index (χ3n) is 2.61. The van der Waals surface area contributed by atoms with Crippen molar-refractivity contribution in [1.82, 2.24) is 0 Å². The first-order chi connectivity index (χ1) is 9.22. The molecule has 0 fully saturated rings. The SMILES string of the molecule is N#C/C(=C\c1ccc(C#N)cc1)c1cccc(F)c1. The van der Waals surface area contributed by atoms with E-state index in [4.69, 9.17) is 10.5 Å². The zero-order valence-electron chi connectivity index (χ0n) is 9.97. The Balaban J connectivity index is 2.39.